The summed E-state index contributed by atoms with van der Waals surface area (Å²) in [5.41, 5.74) is 4.81. The lowest BCUT2D eigenvalue weighted by molar-refractivity contribution is -0.118. The van der Waals surface area contributed by atoms with Gasteiger partial charge < -0.3 is 10.6 Å². The van der Waals surface area contributed by atoms with E-state index in [0.717, 1.165) is 34.6 Å². The van der Waals surface area contributed by atoms with Gasteiger partial charge in [-0.2, -0.15) is 0 Å². The molecule has 2 aliphatic rings. The number of Topliss-reactive ketones (excluding diaryl/α,β-unsaturated/α-hetero) is 1. The van der Waals surface area contributed by atoms with Crippen molar-refractivity contribution in [2.45, 2.75) is 32.7 Å². The normalized spacial score (nSPS) is 20.7. The Labute approximate surface area is 165 Å². The van der Waals surface area contributed by atoms with Gasteiger partial charge in [-0.05, 0) is 41.7 Å². The summed E-state index contributed by atoms with van der Waals surface area (Å²) in [5, 5.41) is 7.76. The number of halogens is 2. The maximum Gasteiger partial charge on any atom is 0.163 e. The molecular formula is C21H22Cl2N2O. The smallest absolute Gasteiger partial charge is 0.163 e. The molecule has 0 amide bonds. The van der Waals surface area contributed by atoms with Crippen molar-refractivity contribution >= 4 is 41.2 Å². The van der Waals surface area contributed by atoms with E-state index in [1.807, 2.05) is 48.5 Å². The number of ketones is 1. The second-order valence-electron chi connectivity index (χ2n) is 7.64. The Hall–Kier alpha value is -1.97. The van der Waals surface area contributed by atoms with Crippen molar-refractivity contribution in [2.75, 3.05) is 10.6 Å². The Morgan fingerprint density at radius 2 is 1.77 bits per heavy atom. The molecule has 2 N–H and O–H groups in total. The molecule has 0 spiro atoms. The number of benzene rings is 2. The minimum absolute atomic E-state index is 0. The zero-order valence-electron chi connectivity index (χ0n) is 14.8. The first-order chi connectivity index (χ1) is 11.9. The number of para-hydroxylation sites is 2. The van der Waals surface area contributed by atoms with Gasteiger partial charge in [0.05, 0.1) is 17.4 Å². The number of carbonyl (C=O) groups is 1. The third kappa shape index (κ3) is 3.46. The van der Waals surface area contributed by atoms with E-state index >= 15 is 0 Å². The summed E-state index contributed by atoms with van der Waals surface area (Å²) in [6.45, 7) is 4.30. The van der Waals surface area contributed by atoms with Crippen molar-refractivity contribution in [3.63, 3.8) is 0 Å². The van der Waals surface area contributed by atoms with Crippen LogP contribution in [0.15, 0.2) is 59.8 Å². The number of nitrogens with one attached hydrogen (secondary N) is 2. The molecule has 2 aromatic rings. The summed E-state index contributed by atoms with van der Waals surface area (Å²) < 4.78 is 0. The van der Waals surface area contributed by atoms with Crippen LogP contribution < -0.4 is 10.6 Å². The zero-order valence-corrected chi connectivity index (χ0v) is 16.4. The minimum Gasteiger partial charge on any atom is -0.372 e. The monoisotopic (exact) mass is 388 g/mol. The van der Waals surface area contributed by atoms with Crippen LogP contribution in [0.25, 0.3) is 0 Å². The Kier molecular flexibility index (Phi) is 5.05. The van der Waals surface area contributed by atoms with Gasteiger partial charge >= 0.3 is 0 Å². The van der Waals surface area contributed by atoms with Crippen LogP contribution in [0.4, 0.5) is 11.4 Å². The highest BCUT2D eigenvalue weighted by Gasteiger charge is 2.38. The molecule has 2 aromatic carbocycles. The quantitative estimate of drug-likeness (QED) is 0.630. The molecule has 0 bridgehead atoms. The highest BCUT2D eigenvalue weighted by Crippen LogP contribution is 2.45. The number of hydrogen-bond donors (Lipinski definition) is 2. The molecule has 5 heteroatoms. The third-order valence-electron chi connectivity index (χ3n) is 4.90. The van der Waals surface area contributed by atoms with Crippen LogP contribution in [0, 0.1) is 5.41 Å². The topological polar surface area (TPSA) is 41.1 Å². The van der Waals surface area contributed by atoms with E-state index in [4.69, 9.17) is 11.6 Å². The standard InChI is InChI=1S/C21H21ClN2O.ClH/c1-21(2)11-17-19(18(25)12-21)20(13-6-5-7-14(22)10-13)24-16-9-4-3-8-15(16)23-17;/h3-10,20,23-24H,11-12H2,1-2H3;1H. The average molecular weight is 389 g/mol. The van der Waals surface area contributed by atoms with Crippen LogP contribution >= 0.6 is 24.0 Å². The molecular weight excluding hydrogens is 367 g/mol. The molecule has 1 heterocycles. The summed E-state index contributed by atoms with van der Waals surface area (Å²) in [5.74, 6) is 0.198. The van der Waals surface area contributed by atoms with E-state index in [-0.39, 0.29) is 29.6 Å². The Morgan fingerprint density at radius 3 is 2.50 bits per heavy atom. The zero-order chi connectivity index (χ0) is 17.6. The van der Waals surface area contributed by atoms with Gasteiger partial charge in [0.2, 0.25) is 0 Å². The Morgan fingerprint density at radius 1 is 1.04 bits per heavy atom. The molecule has 0 radical (unpaired) electrons. The summed E-state index contributed by atoms with van der Waals surface area (Å²) in [6.07, 6.45) is 1.41. The van der Waals surface area contributed by atoms with Gasteiger partial charge in [0.25, 0.3) is 0 Å². The van der Waals surface area contributed by atoms with Crippen molar-refractivity contribution in [1.29, 1.82) is 0 Å². The Balaban J connectivity index is 0.00000196. The summed E-state index contributed by atoms with van der Waals surface area (Å²) >= 11 is 6.22. The van der Waals surface area contributed by atoms with Gasteiger partial charge in [0, 0.05) is 22.7 Å². The molecule has 1 aliphatic heterocycles. The maximum atomic E-state index is 13.0. The Bertz CT molecular complexity index is 889. The highest BCUT2D eigenvalue weighted by molar-refractivity contribution is 6.30. The van der Waals surface area contributed by atoms with E-state index in [1.165, 1.54) is 0 Å². The molecule has 1 aliphatic carbocycles. The van der Waals surface area contributed by atoms with Crippen LogP contribution in [0.1, 0.15) is 38.3 Å². The van der Waals surface area contributed by atoms with Crippen molar-refractivity contribution in [2.24, 2.45) is 5.41 Å². The predicted octanol–water partition coefficient (Wildman–Crippen LogP) is 5.98. The van der Waals surface area contributed by atoms with E-state index < -0.39 is 0 Å². The molecule has 1 unspecified atom stereocenters. The van der Waals surface area contributed by atoms with Gasteiger partial charge in [0.1, 0.15) is 0 Å². The van der Waals surface area contributed by atoms with Gasteiger partial charge in [-0.15, -0.1) is 12.4 Å². The first kappa shape index (κ1) is 18.8. The SMILES string of the molecule is CC1(C)CC(=O)C2=C(C1)Nc1ccccc1NC2c1cccc(Cl)c1.Cl. The average Bonchev–Trinajstić information content (AvgIpc) is 2.70. The molecule has 136 valence electrons. The largest absolute Gasteiger partial charge is 0.372 e. The van der Waals surface area contributed by atoms with Crippen molar-refractivity contribution < 1.29 is 4.79 Å². The molecule has 0 aromatic heterocycles. The fourth-order valence-corrected chi connectivity index (χ4v) is 4.02. The predicted molar refractivity (Wildman–Crippen MR) is 110 cm³/mol. The third-order valence-corrected chi connectivity index (χ3v) is 5.14. The van der Waals surface area contributed by atoms with Crippen LogP contribution in [0.2, 0.25) is 5.02 Å². The van der Waals surface area contributed by atoms with E-state index in [9.17, 15) is 4.79 Å². The lowest BCUT2D eigenvalue weighted by Crippen LogP contribution is -2.31. The fourth-order valence-electron chi connectivity index (χ4n) is 3.83. The molecule has 1 atom stereocenters. The van der Waals surface area contributed by atoms with Gasteiger partial charge in [-0.3, -0.25) is 4.79 Å². The van der Waals surface area contributed by atoms with Crippen LogP contribution in [0.3, 0.4) is 0 Å². The van der Waals surface area contributed by atoms with Crippen molar-refractivity contribution in [1.82, 2.24) is 0 Å². The van der Waals surface area contributed by atoms with E-state index in [0.29, 0.717) is 11.4 Å². The van der Waals surface area contributed by atoms with Crippen LogP contribution in [0.5, 0.6) is 0 Å². The molecule has 26 heavy (non-hydrogen) atoms. The van der Waals surface area contributed by atoms with Crippen LogP contribution in [-0.2, 0) is 4.79 Å². The van der Waals surface area contributed by atoms with E-state index in [2.05, 4.69) is 24.5 Å². The molecule has 0 fully saturated rings. The van der Waals surface area contributed by atoms with Gasteiger partial charge in [-0.25, -0.2) is 0 Å². The molecule has 4 rings (SSSR count). The van der Waals surface area contributed by atoms with Crippen LogP contribution in [-0.4, -0.2) is 5.78 Å². The summed E-state index contributed by atoms with van der Waals surface area (Å²) in [6, 6.07) is 15.6. The highest BCUT2D eigenvalue weighted by atomic mass is 35.5. The number of hydrogen-bond acceptors (Lipinski definition) is 3. The summed E-state index contributed by atoms with van der Waals surface area (Å²) in [7, 11) is 0. The fraction of sp³-hybridized carbons (Fsp3) is 0.286. The van der Waals surface area contributed by atoms with E-state index in [1.54, 1.807) is 0 Å². The lowest BCUT2D eigenvalue weighted by atomic mass is 9.73. The first-order valence-corrected chi connectivity index (χ1v) is 8.95. The first-order valence-electron chi connectivity index (χ1n) is 8.57. The maximum absolute atomic E-state index is 13.0. The van der Waals surface area contributed by atoms with Gasteiger partial charge in [-0.1, -0.05) is 49.7 Å². The van der Waals surface area contributed by atoms with Gasteiger partial charge in [0.15, 0.2) is 5.78 Å². The molecule has 0 saturated carbocycles. The molecule has 0 saturated heterocycles. The number of rotatable bonds is 1. The van der Waals surface area contributed by atoms with Crippen molar-refractivity contribution in [3.05, 3.63) is 70.4 Å². The molecule has 3 nitrogen and oxygen atoms in total. The number of fused-ring (bicyclic) bond motifs is 1. The number of allylic oxidation sites excluding steroid dienone is 1. The lowest BCUT2D eigenvalue weighted by Gasteiger charge is -2.34. The number of carbonyl (C=O) groups excluding carboxylic acids is 1. The second kappa shape index (κ2) is 6.98. The number of anilines is 2. The van der Waals surface area contributed by atoms with Crippen molar-refractivity contribution in [3.8, 4) is 0 Å². The second-order valence-corrected chi connectivity index (χ2v) is 8.07. The minimum atomic E-state index is -0.201. The summed E-state index contributed by atoms with van der Waals surface area (Å²) in [4.78, 5) is 13.0.